The summed E-state index contributed by atoms with van der Waals surface area (Å²) < 4.78 is 7.13. The molecule has 138 valence electrons. The van der Waals surface area contributed by atoms with Gasteiger partial charge in [0.25, 0.3) is 0 Å². The monoisotopic (exact) mass is 387 g/mol. The van der Waals surface area contributed by atoms with Crippen molar-refractivity contribution in [1.82, 2.24) is 25.4 Å². The van der Waals surface area contributed by atoms with Crippen LogP contribution in [-0.2, 0) is 22.6 Å². The van der Waals surface area contributed by atoms with Crippen LogP contribution in [0.4, 0.5) is 0 Å². The van der Waals surface area contributed by atoms with Gasteiger partial charge in [0.2, 0.25) is 5.91 Å². The Morgan fingerprint density at radius 1 is 1.32 bits per heavy atom. The van der Waals surface area contributed by atoms with Gasteiger partial charge in [-0.3, -0.25) is 4.79 Å². The fraction of sp³-hybridized carbons (Fsp3) is 0.438. The van der Waals surface area contributed by atoms with Gasteiger partial charge in [0.15, 0.2) is 0 Å². The molecule has 3 rings (SSSR count). The quantitative estimate of drug-likeness (QED) is 0.777. The third-order valence-corrected chi connectivity index (χ3v) is 3.82. The third kappa shape index (κ3) is 6.62. The van der Waals surface area contributed by atoms with Crippen molar-refractivity contribution in [3.8, 4) is 0 Å². The molecule has 9 heteroatoms. The highest BCUT2D eigenvalue weighted by Crippen LogP contribution is 2.10. The van der Waals surface area contributed by atoms with E-state index < -0.39 is 0 Å². The Balaban J connectivity index is 0.00000156. The number of aromatic nitrogens is 3. The van der Waals surface area contributed by atoms with Crippen molar-refractivity contribution >= 4 is 30.7 Å². The number of rotatable bonds is 6. The van der Waals surface area contributed by atoms with Crippen LogP contribution in [0, 0.1) is 0 Å². The van der Waals surface area contributed by atoms with E-state index in [0.29, 0.717) is 32.7 Å². The van der Waals surface area contributed by atoms with Gasteiger partial charge < -0.3 is 15.4 Å². The Morgan fingerprint density at radius 3 is 2.80 bits per heavy atom. The zero-order chi connectivity index (χ0) is 15.9. The second kappa shape index (κ2) is 11.0. The highest BCUT2D eigenvalue weighted by atomic mass is 35.5. The van der Waals surface area contributed by atoms with Gasteiger partial charge in [-0.1, -0.05) is 24.3 Å². The predicted octanol–water partition coefficient (Wildman–Crippen LogP) is 1.16. The van der Waals surface area contributed by atoms with E-state index in [1.807, 2.05) is 24.3 Å². The number of amides is 1. The summed E-state index contributed by atoms with van der Waals surface area (Å²) in [6, 6.07) is 8.13. The summed E-state index contributed by atoms with van der Waals surface area (Å²) >= 11 is 0. The molecule has 2 heterocycles. The Bertz CT molecular complexity index is 633. The normalized spacial score (nSPS) is 16.4. The average molecular weight is 388 g/mol. The van der Waals surface area contributed by atoms with Crippen molar-refractivity contribution in [2.45, 2.75) is 25.6 Å². The fourth-order valence-corrected chi connectivity index (χ4v) is 2.61. The minimum absolute atomic E-state index is 0. The van der Waals surface area contributed by atoms with Crippen molar-refractivity contribution in [2.75, 3.05) is 19.8 Å². The zero-order valence-electron chi connectivity index (χ0n) is 13.8. The van der Waals surface area contributed by atoms with Crippen molar-refractivity contribution < 1.29 is 9.53 Å². The molecule has 2 aromatic rings. The smallest absolute Gasteiger partial charge is 0.221 e. The number of nitrogens with zero attached hydrogens (tertiary/aromatic N) is 3. The number of nitrogens with one attached hydrogen (secondary N) is 2. The third-order valence-electron chi connectivity index (χ3n) is 3.82. The maximum atomic E-state index is 12.1. The van der Waals surface area contributed by atoms with E-state index in [4.69, 9.17) is 4.74 Å². The molecule has 1 atom stereocenters. The molecule has 1 fully saturated rings. The molecule has 2 N–H and O–H groups in total. The summed E-state index contributed by atoms with van der Waals surface area (Å²) in [5, 5.41) is 10.4. The molecular formula is C16H23Cl2N5O2. The minimum atomic E-state index is 0. The van der Waals surface area contributed by atoms with E-state index in [2.05, 4.69) is 20.7 Å². The molecule has 0 spiro atoms. The van der Waals surface area contributed by atoms with Crippen molar-refractivity contribution in [3.63, 3.8) is 0 Å². The molecule has 1 aliphatic rings. The van der Waals surface area contributed by atoms with E-state index in [-0.39, 0.29) is 36.8 Å². The summed E-state index contributed by atoms with van der Waals surface area (Å²) in [6.07, 6.45) is 3.64. The molecule has 1 aromatic carbocycles. The van der Waals surface area contributed by atoms with Crippen LogP contribution in [0.15, 0.2) is 36.9 Å². The largest absolute Gasteiger partial charge is 0.378 e. The van der Waals surface area contributed by atoms with Gasteiger partial charge >= 0.3 is 0 Å². The fourth-order valence-electron chi connectivity index (χ4n) is 2.61. The summed E-state index contributed by atoms with van der Waals surface area (Å²) in [5.41, 5.74) is 2.21. The predicted molar refractivity (Wildman–Crippen MR) is 99.1 cm³/mol. The van der Waals surface area contributed by atoms with Gasteiger partial charge in [0, 0.05) is 25.6 Å². The highest BCUT2D eigenvalue weighted by Gasteiger charge is 2.16. The molecule has 0 aliphatic carbocycles. The molecule has 0 saturated carbocycles. The van der Waals surface area contributed by atoms with Gasteiger partial charge in [0.05, 0.1) is 19.8 Å². The second-order valence-corrected chi connectivity index (χ2v) is 5.57. The number of hydrogen-bond acceptors (Lipinski definition) is 5. The van der Waals surface area contributed by atoms with Crippen LogP contribution in [0.3, 0.4) is 0 Å². The standard InChI is InChI=1S/C16H21N5O2.2ClH/c22-16(7-15-10-23-6-5-18-15)19-8-13-3-1-2-4-14(13)9-21-12-17-11-20-21;;/h1-4,11-12,15,18H,5-10H2,(H,19,22);2*1H. The number of hydrogen-bond donors (Lipinski definition) is 2. The summed E-state index contributed by atoms with van der Waals surface area (Å²) in [5.74, 6) is 0.0311. The van der Waals surface area contributed by atoms with Crippen molar-refractivity contribution in [2.24, 2.45) is 0 Å². The van der Waals surface area contributed by atoms with Crippen molar-refractivity contribution in [3.05, 3.63) is 48.0 Å². The van der Waals surface area contributed by atoms with Crippen LogP contribution >= 0.6 is 24.8 Å². The Hall–Kier alpha value is -1.67. The lowest BCUT2D eigenvalue weighted by Gasteiger charge is -2.23. The van der Waals surface area contributed by atoms with Gasteiger partial charge in [-0.25, -0.2) is 9.67 Å². The Morgan fingerprint density at radius 2 is 2.12 bits per heavy atom. The van der Waals surface area contributed by atoms with Crippen LogP contribution in [0.1, 0.15) is 17.5 Å². The summed E-state index contributed by atoms with van der Waals surface area (Å²) in [4.78, 5) is 16.0. The number of carbonyl (C=O) groups excluding carboxylic acids is 1. The Kier molecular flexibility index (Phi) is 9.44. The molecule has 1 saturated heterocycles. The zero-order valence-corrected chi connectivity index (χ0v) is 15.4. The van der Waals surface area contributed by atoms with Crippen LogP contribution in [-0.4, -0.2) is 46.5 Å². The summed E-state index contributed by atoms with van der Waals surface area (Å²) in [6.45, 7) is 3.27. The first-order chi connectivity index (χ1) is 11.3. The topological polar surface area (TPSA) is 81.1 Å². The molecule has 7 nitrogen and oxygen atoms in total. The molecular weight excluding hydrogens is 365 g/mol. The SMILES string of the molecule is Cl.Cl.O=C(CC1COCCN1)NCc1ccccc1Cn1cncn1. The van der Waals surface area contributed by atoms with Gasteiger partial charge in [-0.15, -0.1) is 24.8 Å². The van der Waals surface area contributed by atoms with E-state index in [9.17, 15) is 4.79 Å². The molecule has 1 amide bonds. The van der Waals surface area contributed by atoms with Crippen molar-refractivity contribution in [1.29, 1.82) is 0 Å². The van der Waals surface area contributed by atoms with E-state index in [1.165, 1.54) is 6.33 Å². The molecule has 1 unspecified atom stereocenters. The maximum Gasteiger partial charge on any atom is 0.221 e. The number of benzene rings is 1. The number of ether oxygens (including phenoxy) is 1. The minimum Gasteiger partial charge on any atom is -0.378 e. The van der Waals surface area contributed by atoms with Crippen LogP contribution < -0.4 is 10.6 Å². The number of morpholine rings is 1. The molecule has 0 radical (unpaired) electrons. The van der Waals surface area contributed by atoms with Gasteiger partial charge in [-0.05, 0) is 11.1 Å². The number of carbonyl (C=O) groups is 1. The molecule has 0 bridgehead atoms. The second-order valence-electron chi connectivity index (χ2n) is 5.57. The Labute approximate surface area is 159 Å². The van der Waals surface area contributed by atoms with Gasteiger partial charge in [0.1, 0.15) is 12.7 Å². The van der Waals surface area contributed by atoms with E-state index in [1.54, 1.807) is 11.0 Å². The lowest BCUT2D eigenvalue weighted by Crippen LogP contribution is -2.44. The maximum absolute atomic E-state index is 12.1. The average Bonchev–Trinajstić information content (AvgIpc) is 3.08. The molecule has 1 aliphatic heterocycles. The summed E-state index contributed by atoms with van der Waals surface area (Å²) in [7, 11) is 0. The molecule has 1 aromatic heterocycles. The van der Waals surface area contributed by atoms with Crippen LogP contribution in [0.5, 0.6) is 0 Å². The lowest BCUT2D eigenvalue weighted by atomic mass is 10.1. The molecule has 25 heavy (non-hydrogen) atoms. The first-order valence-electron chi connectivity index (χ1n) is 7.78. The lowest BCUT2D eigenvalue weighted by molar-refractivity contribution is -0.122. The van der Waals surface area contributed by atoms with Crippen LogP contribution in [0.25, 0.3) is 0 Å². The highest BCUT2D eigenvalue weighted by molar-refractivity contribution is 5.85. The first-order valence-corrected chi connectivity index (χ1v) is 7.78. The van der Waals surface area contributed by atoms with E-state index in [0.717, 1.165) is 17.7 Å². The number of halogens is 2. The first kappa shape index (κ1) is 21.4. The van der Waals surface area contributed by atoms with E-state index >= 15 is 0 Å². The van der Waals surface area contributed by atoms with Gasteiger partial charge in [-0.2, -0.15) is 5.10 Å². The van der Waals surface area contributed by atoms with Crippen LogP contribution in [0.2, 0.25) is 0 Å².